The van der Waals surface area contributed by atoms with Gasteiger partial charge in [-0.3, -0.25) is 19.2 Å². The first-order chi connectivity index (χ1) is 13.7. The minimum Gasteiger partial charge on any atom is -0.293 e. The molecule has 0 radical (unpaired) electrons. The standard InChI is InChI=1S/C21H23ClN2O4S/c1-29(27,28)23-18-11-7-15(8-12-18)20(25)14-24-13-3-2-4-19(24)21(26)16-5-9-17(22)10-6-16/h5-12,19,23H,2-4,13-14H2,1H3. The van der Waals surface area contributed by atoms with E-state index in [2.05, 4.69) is 4.72 Å². The van der Waals surface area contributed by atoms with Crippen LogP contribution in [-0.4, -0.2) is 50.3 Å². The van der Waals surface area contributed by atoms with Crippen LogP contribution in [0, 0.1) is 0 Å². The largest absolute Gasteiger partial charge is 0.293 e. The van der Waals surface area contributed by atoms with Crippen LogP contribution < -0.4 is 4.72 Å². The zero-order valence-electron chi connectivity index (χ0n) is 16.1. The lowest BCUT2D eigenvalue weighted by molar-refractivity contribution is 0.0699. The van der Waals surface area contributed by atoms with Crippen molar-refractivity contribution in [1.82, 2.24) is 4.90 Å². The quantitative estimate of drug-likeness (QED) is 0.672. The van der Waals surface area contributed by atoms with Crippen molar-refractivity contribution in [2.45, 2.75) is 25.3 Å². The van der Waals surface area contributed by atoms with Gasteiger partial charge in [0.2, 0.25) is 10.0 Å². The molecule has 1 N–H and O–H groups in total. The van der Waals surface area contributed by atoms with Crippen LogP contribution in [0.3, 0.4) is 0 Å². The second kappa shape index (κ2) is 9.07. The minimum atomic E-state index is -3.37. The number of sulfonamides is 1. The zero-order chi connectivity index (χ0) is 21.0. The Morgan fingerprint density at radius 3 is 2.28 bits per heavy atom. The Bertz CT molecular complexity index is 988. The number of carbonyl (C=O) groups excluding carboxylic acids is 2. The SMILES string of the molecule is CS(=O)(=O)Nc1ccc(C(=O)CN2CCCCC2C(=O)c2ccc(Cl)cc2)cc1. The van der Waals surface area contributed by atoms with Crippen molar-refractivity contribution in [1.29, 1.82) is 0 Å². The summed E-state index contributed by atoms with van der Waals surface area (Å²) in [5, 5.41) is 0.575. The van der Waals surface area contributed by atoms with Crippen LogP contribution in [0.4, 0.5) is 5.69 Å². The van der Waals surface area contributed by atoms with Gasteiger partial charge in [-0.25, -0.2) is 8.42 Å². The van der Waals surface area contributed by atoms with Crippen molar-refractivity contribution in [3.63, 3.8) is 0 Å². The van der Waals surface area contributed by atoms with Gasteiger partial charge in [-0.2, -0.15) is 0 Å². The van der Waals surface area contributed by atoms with E-state index in [1.54, 1.807) is 48.5 Å². The predicted octanol–water partition coefficient (Wildman–Crippen LogP) is 3.63. The Balaban J connectivity index is 1.70. The number of ketones is 2. The van der Waals surface area contributed by atoms with Crippen LogP contribution in [0.25, 0.3) is 0 Å². The number of likely N-dealkylation sites (tertiary alicyclic amines) is 1. The Kier molecular flexibility index (Phi) is 6.72. The summed E-state index contributed by atoms with van der Waals surface area (Å²) in [6, 6.07) is 12.8. The lowest BCUT2D eigenvalue weighted by Crippen LogP contribution is -2.47. The van der Waals surface area contributed by atoms with Crippen LogP contribution in [0.5, 0.6) is 0 Å². The Labute approximate surface area is 175 Å². The molecule has 1 unspecified atom stereocenters. The van der Waals surface area contributed by atoms with E-state index in [0.717, 1.165) is 19.1 Å². The number of carbonyl (C=O) groups is 2. The highest BCUT2D eigenvalue weighted by atomic mass is 35.5. The topological polar surface area (TPSA) is 83.6 Å². The molecule has 29 heavy (non-hydrogen) atoms. The van der Waals surface area contributed by atoms with Crippen LogP contribution in [-0.2, 0) is 10.0 Å². The summed E-state index contributed by atoms with van der Waals surface area (Å²) in [4.78, 5) is 27.6. The van der Waals surface area contributed by atoms with Gasteiger partial charge < -0.3 is 0 Å². The molecule has 1 saturated heterocycles. The Morgan fingerprint density at radius 2 is 1.66 bits per heavy atom. The summed E-state index contributed by atoms with van der Waals surface area (Å²) in [6.45, 7) is 0.826. The lowest BCUT2D eigenvalue weighted by Gasteiger charge is -2.34. The van der Waals surface area contributed by atoms with Crippen molar-refractivity contribution < 1.29 is 18.0 Å². The van der Waals surface area contributed by atoms with E-state index in [0.29, 0.717) is 34.8 Å². The molecule has 2 aromatic carbocycles. The van der Waals surface area contributed by atoms with Gasteiger partial charge in [-0.1, -0.05) is 18.0 Å². The van der Waals surface area contributed by atoms with Gasteiger partial charge in [0.1, 0.15) is 0 Å². The zero-order valence-corrected chi connectivity index (χ0v) is 17.7. The van der Waals surface area contributed by atoms with Crippen molar-refractivity contribution in [2.75, 3.05) is 24.1 Å². The van der Waals surface area contributed by atoms with Gasteiger partial charge >= 0.3 is 0 Å². The maximum absolute atomic E-state index is 13.0. The molecule has 0 spiro atoms. The summed E-state index contributed by atoms with van der Waals surface area (Å²) in [5.41, 5.74) is 1.47. The average molecular weight is 435 g/mol. The van der Waals surface area contributed by atoms with Crippen LogP contribution in [0.2, 0.25) is 5.02 Å². The van der Waals surface area contributed by atoms with E-state index in [1.807, 2.05) is 4.90 Å². The Morgan fingerprint density at radius 1 is 1.03 bits per heavy atom. The molecule has 1 fully saturated rings. The number of nitrogens with one attached hydrogen (secondary N) is 1. The van der Waals surface area contributed by atoms with E-state index in [1.165, 1.54) is 0 Å². The molecule has 3 rings (SSSR count). The van der Waals surface area contributed by atoms with Gasteiger partial charge in [0, 0.05) is 21.8 Å². The number of Topliss-reactive ketones (excluding diaryl/α,β-unsaturated/α-hetero) is 2. The molecule has 6 nitrogen and oxygen atoms in total. The number of piperidine rings is 1. The van der Waals surface area contributed by atoms with E-state index < -0.39 is 10.0 Å². The molecule has 1 heterocycles. The van der Waals surface area contributed by atoms with Crippen molar-refractivity contribution in [3.05, 3.63) is 64.7 Å². The van der Waals surface area contributed by atoms with Crippen molar-refractivity contribution >= 4 is 38.9 Å². The fourth-order valence-corrected chi connectivity index (χ4v) is 4.19. The smallest absolute Gasteiger partial charge is 0.229 e. The second-order valence-corrected chi connectivity index (χ2v) is 9.41. The first-order valence-corrected chi connectivity index (χ1v) is 11.6. The van der Waals surface area contributed by atoms with Crippen molar-refractivity contribution in [2.24, 2.45) is 0 Å². The van der Waals surface area contributed by atoms with Gasteiger partial charge in [-0.05, 0) is 67.9 Å². The number of rotatable bonds is 7. The average Bonchev–Trinajstić information content (AvgIpc) is 2.68. The third-order valence-electron chi connectivity index (χ3n) is 4.90. The minimum absolute atomic E-state index is 0.00173. The molecule has 0 saturated carbocycles. The maximum Gasteiger partial charge on any atom is 0.229 e. The highest BCUT2D eigenvalue weighted by Crippen LogP contribution is 2.22. The first-order valence-electron chi connectivity index (χ1n) is 9.38. The molecule has 0 aliphatic carbocycles. The molecule has 2 aromatic rings. The van der Waals surface area contributed by atoms with Gasteiger partial charge in [0.05, 0.1) is 18.8 Å². The molecule has 0 bridgehead atoms. The second-order valence-electron chi connectivity index (χ2n) is 7.23. The lowest BCUT2D eigenvalue weighted by atomic mass is 9.93. The van der Waals surface area contributed by atoms with Gasteiger partial charge in [0.25, 0.3) is 0 Å². The molecule has 0 amide bonds. The molecule has 1 aliphatic rings. The van der Waals surface area contributed by atoms with E-state index >= 15 is 0 Å². The number of anilines is 1. The fourth-order valence-electron chi connectivity index (χ4n) is 3.50. The summed E-state index contributed by atoms with van der Waals surface area (Å²) < 4.78 is 25.0. The molecule has 0 aromatic heterocycles. The molecule has 8 heteroatoms. The van der Waals surface area contributed by atoms with Crippen LogP contribution in [0.15, 0.2) is 48.5 Å². The summed E-state index contributed by atoms with van der Waals surface area (Å²) in [6.07, 6.45) is 3.67. The third-order valence-corrected chi connectivity index (χ3v) is 5.76. The number of hydrogen-bond donors (Lipinski definition) is 1. The normalized spacial score (nSPS) is 17.7. The summed E-state index contributed by atoms with van der Waals surface area (Å²) >= 11 is 5.91. The molecule has 1 aliphatic heterocycles. The number of hydrogen-bond acceptors (Lipinski definition) is 5. The molecule has 1 atom stereocenters. The van der Waals surface area contributed by atoms with Gasteiger partial charge in [-0.15, -0.1) is 0 Å². The highest BCUT2D eigenvalue weighted by Gasteiger charge is 2.30. The number of benzene rings is 2. The summed E-state index contributed by atoms with van der Waals surface area (Å²) in [7, 11) is -3.37. The van der Waals surface area contributed by atoms with Gasteiger partial charge in [0.15, 0.2) is 11.6 Å². The molecular formula is C21H23ClN2O4S. The predicted molar refractivity (Wildman–Crippen MR) is 114 cm³/mol. The maximum atomic E-state index is 13.0. The van der Waals surface area contributed by atoms with Crippen LogP contribution >= 0.6 is 11.6 Å². The van der Waals surface area contributed by atoms with E-state index in [4.69, 9.17) is 11.6 Å². The highest BCUT2D eigenvalue weighted by molar-refractivity contribution is 7.92. The molecule has 154 valence electrons. The fraction of sp³-hybridized carbons (Fsp3) is 0.333. The van der Waals surface area contributed by atoms with E-state index in [9.17, 15) is 18.0 Å². The third kappa shape index (κ3) is 5.88. The summed E-state index contributed by atoms with van der Waals surface area (Å²) in [5.74, 6) is -0.103. The monoisotopic (exact) mass is 434 g/mol. The molecular weight excluding hydrogens is 412 g/mol. The number of nitrogens with zero attached hydrogens (tertiary/aromatic N) is 1. The van der Waals surface area contributed by atoms with Crippen LogP contribution in [0.1, 0.15) is 40.0 Å². The number of halogens is 1. The Hall–Kier alpha value is -2.22. The van der Waals surface area contributed by atoms with Crippen molar-refractivity contribution in [3.8, 4) is 0 Å². The first kappa shape index (κ1) is 21.5. The van der Waals surface area contributed by atoms with E-state index in [-0.39, 0.29) is 24.2 Å².